The van der Waals surface area contributed by atoms with E-state index in [-0.39, 0.29) is 0 Å². The molecule has 1 heterocycles. The van der Waals surface area contributed by atoms with E-state index in [0.29, 0.717) is 0 Å². The number of aryl methyl sites for hydroxylation is 1. The Balaban J connectivity index is 1.96. The summed E-state index contributed by atoms with van der Waals surface area (Å²) < 4.78 is 0. The van der Waals surface area contributed by atoms with Gasteiger partial charge in [-0.3, -0.25) is 0 Å². The van der Waals surface area contributed by atoms with Crippen LogP contribution in [0, 0.1) is 18.8 Å². The first kappa shape index (κ1) is 7.74. The van der Waals surface area contributed by atoms with Gasteiger partial charge in [-0.1, -0.05) is 12.2 Å². The molecule has 3 atom stereocenters. The second kappa shape index (κ2) is 2.68. The molecule has 1 fully saturated rings. The Kier molecular flexibility index (Phi) is 1.59. The highest BCUT2D eigenvalue weighted by molar-refractivity contribution is 7.09. The van der Waals surface area contributed by atoms with Crippen molar-refractivity contribution in [2.75, 3.05) is 0 Å². The maximum Gasteiger partial charge on any atom is 0.0797 e. The smallest absolute Gasteiger partial charge is 0.0797 e. The lowest BCUT2D eigenvalue weighted by Gasteiger charge is -2.16. The molecule has 1 aromatic heterocycles. The quantitative estimate of drug-likeness (QED) is 0.621. The molecular formula is C11H13NS. The zero-order valence-electron chi connectivity index (χ0n) is 7.73. The molecule has 1 nitrogen and oxygen atoms in total. The molecule has 0 aromatic carbocycles. The third-order valence-corrected chi connectivity index (χ3v) is 4.46. The molecule has 3 rings (SSSR count). The Labute approximate surface area is 82.5 Å². The van der Waals surface area contributed by atoms with E-state index >= 15 is 0 Å². The molecule has 2 bridgehead atoms. The van der Waals surface area contributed by atoms with Crippen LogP contribution in [0.5, 0.6) is 0 Å². The highest BCUT2D eigenvalue weighted by Crippen LogP contribution is 2.50. The number of fused-ring (bicyclic) bond motifs is 2. The van der Waals surface area contributed by atoms with Gasteiger partial charge >= 0.3 is 0 Å². The normalized spacial score (nSPS) is 35.9. The predicted octanol–water partition coefficient (Wildman–Crippen LogP) is 3.13. The standard InChI is InChI=1S/C11H13NS/c1-7-11(13-6-12-7)10-5-8-2-3-9(10)4-8/h2-3,6,8-10H,4-5H2,1H3. The summed E-state index contributed by atoms with van der Waals surface area (Å²) in [6.07, 6.45) is 7.57. The topological polar surface area (TPSA) is 12.9 Å². The lowest BCUT2D eigenvalue weighted by molar-refractivity contribution is 0.591. The third kappa shape index (κ3) is 1.08. The number of allylic oxidation sites excluding steroid dienone is 2. The second-order valence-corrected chi connectivity index (χ2v) is 5.08. The minimum absolute atomic E-state index is 0.794. The molecule has 0 radical (unpaired) electrons. The van der Waals surface area contributed by atoms with Gasteiger partial charge in [0.1, 0.15) is 0 Å². The number of hydrogen-bond acceptors (Lipinski definition) is 2. The van der Waals surface area contributed by atoms with Crippen LogP contribution in [0.1, 0.15) is 29.3 Å². The molecule has 13 heavy (non-hydrogen) atoms. The van der Waals surface area contributed by atoms with Crippen molar-refractivity contribution >= 4 is 11.3 Å². The van der Waals surface area contributed by atoms with E-state index in [9.17, 15) is 0 Å². The van der Waals surface area contributed by atoms with Crippen LogP contribution in [0.15, 0.2) is 17.7 Å². The number of rotatable bonds is 1. The van der Waals surface area contributed by atoms with Gasteiger partial charge in [-0.25, -0.2) is 4.98 Å². The first-order valence-corrected chi connectivity index (χ1v) is 5.81. The van der Waals surface area contributed by atoms with Crippen molar-refractivity contribution in [1.29, 1.82) is 0 Å². The van der Waals surface area contributed by atoms with Crippen LogP contribution in [0.25, 0.3) is 0 Å². The summed E-state index contributed by atoms with van der Waals surface area (Å²) in [6, 6.07) is 0. The Morgan fingerprint density at radius 1 is 1.38 bits per heavy atom. The molecule has 0 aliphatic heterocycles. The zero-order valence-corrected chi connectivity index (χ0v) is 8.55. The number of hydrogen-bond donors (Lipinski definition) is 0. The molecule has 0 saturated heterocycles. The minimum Gasteiger partial charge on any atom is -0.250 e. The van der Waals surface area contributed by atoms with E-state index < -0.39 is 0 Å². The van der Waals surface area contributed by atoms with E-state index in [1.807, 2.05) is 16.8 Å². The van der Waals surface area contributed by atoms with Gasteiger partial charge in [-0.05, 0) is 31.6 Å². The van der Waals surface area contributed by atoms with Gasteiger partial charge in [0.2, 0.25) is 0 Å². The first-order valence-electron chi connectivity index (χ1n) is 4.93. The molecule has 2 heteroatoms. The molecule has 2 aliphatic rings. The lowest BCUT2D eigenvalue weighted by Crippen LogP contribution is -2.04. The van der Waals surface area contributed by atoms with Crippen molar-refractivity contribution in [1.82, 2.24) is 4.98 Å². The van der Waals surface area contributed by atoms with Gasteiger partial charge in [-0.15, -0.1) is 11.3 Å². The van der Waals surface area contributed by atoms with Gasteiger partial charge in [0.15, 0.2) is 0 Å². The molecule has 1 aromatic rings. The molecule has 1 saturated carbocycles. The van der Waals surface area contributed by atoms with Crippen molar-refractivity contribution in [2.45, 2.75) is 25.7 Å². The van der Waals surface area contributed by atoms with Gasteiger partial charge in [0, 0.05) is 10.8 Å². The van der Waals surface area contributed by atoms with Gasteiger partial charge in [-0.2, -0.15) is 0 Å². The van der Waals surface area contributed by atoms with Crippen molar-refractivity contribution in [3.63, 3.8) is 0 Å². The van der Waals surface area contributed by atoms with E-state index in [1.165, 1.54) is 23.4 Å². The fourth-order valence-corrected chi connectivity index (χ4v) is 3.74. The van der Waals surface area contributed by atoms with Crippen LogP contribution in [0.3, 0.4) is 0 Å². The van der Waals surface area contributed by atoms with E-state index in [2.05, 4.69) is 24.1 Å². The fourth-order valence-electron chi connectivity index (χ4n) is 2.75. The third-order valence-electron chi connectivity index (χ3n) is 3.40. The van der Waals surface area contributed by atoms with Crippen molar-refractivity contribution in [3.8, 4) is 0 Å². The number of thiazole rings is 1. The number of nitrogens with zero attached hydrogens (tertiary/aromatic N) is 1. The molecule has 0 amide bonds. The summed E-state index contributed by atoms with van der Waals surface area (Å²) in [5, 5.41) is 0. The summed E-state index contributed by atoms with van der Waals surface area (Å²) in [7, 11) is 0. The zero-order chi connectivity index (χ0) is 8.84. The average molecular weight is 191 g/mol. The van der Waals surface area contributed by atoms with E-state index in [4.69, 9.17) is 0 Å². The Morgan fingerprint density at radius 2 is 2.31 bits per heavy atom. The Bertz CT molecular complexity index is 353. The van der Waals surface area contributed by atoms with Crippen LogP contribution in [-0.4, -0.2) is 4.98 Å². The summed E-state index contributed by atoms with van der Waals surface area (Å²) in [5.74, 6) is 2.49. The SMILES string of the molecule is Cc1ncsc1C1CC2C=CC1C2. The largest absolute Gasteiger partial charge is 0.250 e. The molecule has 68 valence electrons. The van der Waals surface area contributed by atoms with Crippen molar-refractivity contribution < 1.29 is 0 Å². The van der Waals surface area contributed by atoms with Crippen LogP contribution in [0.4, 0.5) is 0 Å². The van der Waals surface area contributed by atoms with Gasteiger partial charge in [0.05, 0.1) is 11.2 Å². The van der Waals surface area contributed by atoms with E-state index in [1.54, 1.807) is 0 Å². The molecule has 2 aliphatic carbocycles. The molecular weight excluding hydrogens is 178 g/mol. The van der Waals surface area contributed by atoms with Crippen molar-refractivity contribution in [2.24, 2.45) is 11.8 Å². The lowest BCUT2D eigenvalue weighted by atomic mass is 9.91. The maximum absolute atomic E-state index is 4.34. The first-order chi connectivity index (χ1) is 6.34. The Hall–Kier alpha value is -0.630. The van der Waals surface area contributed by atoms with Gasteiger partial charge < -0.3 is 0 Å². The van der Waals surface area contributed by atoms with Crippen molar-refractivity contribution in [3.05, 3.63) is 28.2 Å². The molecule has 0 spiro atoms. The minimum atomic E-state index is 0.794. The second-order valence-electron chi connectivity index (χ2n) is 4.19. The fraction of sp³-hybridized carbons (Fsp3) is 0.545. The molecule has 0 N–H and O–H groups in total. The van der Waals surface area contributed by atoms with Crippen LogP contribution < -0.4 is 0 Å². The van der Waals surface area contributed by atoms with E-state index in [0.717, 1.165) is 17.8 Å². The highest BCUT2D eigenvalue weighted by atomic mass is 32.1. The Morgan fingerprint density at radius 3 is 2.85 bits per heavy atom. The maximum atomic E-state index is 4.34. The summed E-state index contributed by atoms with van der Waals surface area (Å²) in [5.41, 5.74) is 3.25. The average Bonchev–Trinajstić information content (AvgIpc) is 2.77. The van der Waals surface area contributed by atoms with Crippen LogP contribution >= 0.6 is 11.3 Å². The highest BCUT2D eigenvalue weighted by Gasteiger charge is 2.37. The van der Waals surface area contributed by atoms with Crippen LogP contribution in [-0.2, 0) is 0 Å². The van der Waals surface area contributed by atoms with Gasteiger partial charge in [0.25, 0.3) is 0 Å². The summed E-state index contributed by atoms with van der Waals surface area (Å²) in [4.78, 5) is 5.88. The molecule has 3 unspecified atom stereocenters. The monoisotopic (exact) mass is 191 g/mol. The summed E-state index contributed by atoms with van der Waals surface area (Å²) in [6.45, 7) is 2.14. The number of aromatic nitrogens is 1. The predicted molar refractivity (Wildman–Crippen MR) is 54.9 cm³/mol. The summed E-state index contributed by atoms with van der Waals surface area (Å²) >= 11 is 1.84. The van der Waals surface area contributed by atoms with Crippen LogP contribution in [0.2, 0.25) is 0 Å².